The van der Waals surface area contributed by atoms with Gasteiger partial charge in [0, 0.05) is 18.3 Å². The van der Waals surface area contributed by atoms with Crippen LogP contribution in [0.25, 0.3) is 5.57 Å². The number of benzene rings is 3. The molecule has 0 spiro atoms. The lowest BCUT2D eigenvalue weighted by Crippen LogP contribution is -2.33. The first-order valence-corrected chi connectivity index (χ1v) is 11.3. The van der Waals surface area contributed by atoms with Gasteiger partial charge in [-0.3, -0.25) is 14.5 Å². The molecule has 0 atom stereocenters. The smallest absolute Gasteiger partial charge is 0.278 e. The van der Waals surface area contributed by atoms with E-state index in [1.54, 1.807) is 19.1 Å². The van der Waals surface area contributed by atoms with Gasteiger partial charge < -0.3 is 14.4 Å². The van der Waals surface area contributed by atoms with E-state index < -0.39 is 0 Å². The molecule has 1 aliphatic rings. The average molecular weight is 457 g/mol. The summed E-state index contributed by atoms with van der Waals surface area (Å²) in [5.41, 5.74) is 2.96. The lowest BCUT2D eigenvalue weighted by atomic mass is 10.0. The van der Waals surface area contributed by atoms with Crippen LogP contribution in [0.1, 0.15) is 24.5 Å². The first-order valence-electron chi connectivity index (χ1n) is 11.3. The molecule has 3 aromatic rings. The molecule has 174 valence electrons. The number of rotatable bonds is 9. The number of hydrogen-bond acceptors (Lipinski definition) is 5. The fraction of sp³-hybridized carbons (Fsp3) is 0.214. The van der Waals surface area contributed by atoms with Gasteiger partial charge in [0.1, 0.15) is 17.2 Å². The van der Waals surface area contributed by atoms with Gasteiger partial charge in [0.05, 0.1) is 25.8 Å². The van der Waals surface area contributed by atoms with Crippen molar-refractivity contribution in [2.75, 3.05) is 25.7 Å². The highest BCUT2D eigenvalue weighted by atomic mass is 16.5. The SMILES string of the molecule is CCCOc1ccc(C2=C(N(C)c3ccccc3)C(=O)N(Cc3ccccc3OC)C2=O)cc1. The Balaban J connectivity index is 1.75. The molecule has 0 bridgehead atoms. The fourth-order valence-corrected chi connectivity index (χ4v) is 4.00. The Hall–Kier alpha value is -4.06. The van der Waals surface area contributed by atoms with Crippen molar-refractivity contribution in [2.24, 2.45) is 0 Å². The Morgan fingerprint density at radius 1 is 0.853 bits per heavy atom. The number of hydrogen-bond donors (Lipinski definition) is 0. The van der Waals surface area contributed by atoms with Crippen molar-refractivity contribution in [3.05, 3.63) is 95.7 Å². The number of amides is 2. The molecule has 6 heteroatoms. The highest BCUT2D eigenvalue weighted by Gasteiger charge is 2.41. The van der Waals surface area contributed by atoms with Gasteiger partial charge in [-0.15, -0.1) is 0 Å². The third-order valence-corrected chi connectivity index (χ3v) is 5.76. The Labute approximate surface area is 200 Å². The molecular formula is C28H28N2O4. The van der Waals surface area contributed by atoms with Crippen LogP contribution in [0.3, 0.4) is 0 Å². The standard InChI is InChI=1S/C28H28N2O4/c1-4-18-34-23-16-14-20(15-17-23)25-26(29(2)22-11-6-5-7-12-22)28(32)30(27(25)31)19-21-10-8-9-13-24(21)33-3/h5-17H,4,18-19H2,1-3H3. The second kappa shape index (κ2) is 10.3. The normalized spacial score (nSPS) is 13.4. The van der Waals surface area contributed by atoms with Crippen LogP contribution in [0.5, 0.6) is 11.5 Å². The summed E-state index contributed by atoms with van der Waals surface area (Å²) in [7, 11) is 3.38. The van der Waals surface area contributed by atoms with Crippen molar-refractivity contribution in [3.8, 4) is 11.5 Å². The van der Waals surface area contributed by atoms with Gasteiger partial charge in [0.25, 0.3) is 11.8 Å². The fourth-order valence-electron chi connectivity index (χ4n) is 4.00. The summed E-state index contributed by atoms with van der Waals surface area (Å²) < 4.78 is 11.1. The maximum absolute atomic E-state index is 13.7. The molecule has 0 radical (unpaired) electrons. The average Bonchev–Trinajstić information content (AvgIpc) is 3.13. The number of anilines is 1. The molecule has 3 aromatic carbocycles. The molecule has 0 N–H and O–H groups in total. The molecule has 34 heavy (non-hydrogen) atoms. The highest BCUT2D eigenvalue weighted by molar-refractivity contribution is 6.36. The number of carbonyl (C=O) groups excluding carboxylic acids is 2. The summed E-state index contributed by atoms with van der Waals surface area (Å²) >= 11 is 0. The predicted octanol–water partition coefficient (Wildman–Crippen LogP) is 4.90. The molecule has 0 saturated carbocycles. The predicted molar refractivity (Wildman–Crippen MR) is 133 cm³/mol. The van der Waals surface area contributed by atoms with E-state index in [9.17, 15) is 9.59 Å². The van der Waals surface area contributed by atoms with Gasteiger partial charge in [0.15, 0.2) is 0 Å². The van der Waals surface area contributed by atoms with Crippen molar-refractivity contribution in [2.45, 2.75) is 19.9 Å². The van der Waals surface area contributed by atoms with Crippen LogP contribution in [-0.4, -0.2) is 37.5 Å². The van der Waals surface area contributed by atoms with Gasteiger partial charge in [-0.1, -0.05) is 55.5 Å². The quantitative estimate of drug-likeness (QED) is 0.429. The number of ether oxygens (including phenoxy) is 2. The molecular weight excluding hydrogens is 428 g/mol. The Morgan fingerprint density at radius 2 is 1.53 bits per heavy atom. The lowest BCUT2D eigenvalue weighted by molar-refractivity contribution is -0.137. The summed E-state index contributed by atoms with van der Waals surface area (Å²) in [6.45, 7) is 2.78. The Kier molecular flexibility index (Phi) is 6.97. The molecule has 0 aromatic heterocycles. The first-order chi connectivity index (χ1) is 16.5. The largest absolute Gasteiger partial charge is 0.496 e. The van der Waals surface area contributed by atoms with Crippen molar-refractivity contribution >= 4 is 23.1 Å². The molecule has 4 rings (SSSR count). The Morgan fingerprint density at radius 3 is 2.21 bits per heavy atom. The second-order valence-corrected chi connectivity index (χ2v) is 8.00. The van der Waals surface area contributed by atoms with Gasteiger partial charge in [-0.05, 0) is 42.3 Å². The van der Waals surface area contributed by atoms with E-state index in [4.69, 9.17) is 9.47 Å². The first kappa shape index (κ1) is 23.1. The highest BCUT2D eigenvalue weighted by Crippen LogP contribution is 2.35. The number of imide groups is 1. The van der Waals surface area contributed by atoms with E-state index in [1.807, 2.05) is 85.8 Å². The van der Waals surface area contributed by atoms with Gasteiger partial charge in [-0.25, -0.2) is 0 Å². The van der Waals surface area contributed by atoms with Gasteiger partial charge in [-0.2, -0.15) is 0 Å². The summed E-state index contributed by atoms with van der Waals surface area (Å²) in [4.78, 5) is 30.4. The minimum atomic E-state index is -0.344. The molecule has 0 aliphatic carbocycles. The maximum Gasteiger partial charge on any atom is 0.278 e. The van der Waals surface area contributed by atoms with E-state index in [2.05, 4.69) is 0 Å². The molecule has 6 nitrogen and oxygen atoms in total. The molecule has 0 unspecified atom stereocenters. The number of para-hydroxylation sites is 2. The van der Waals surface area contributed by atoms with Crippen molar-refractivity contribution in [1.29, 1.82) is 0 Å². The third kappa shape index (κ3) is 4.53. The second-order valence-electron chi connectivity index (χ2n) is 8.00. The summed E-state index contributed by atoms with van der Waals surface area (Å²) in [5, 5.41) is 0. The van der Waals surface area contributed by atoms with Crippen molar-refractivity contribution in [3.63, 3.8) is 0 Å². The molecule has 0 fully saturated rings. The molecule has 2 amide bonds. The van der Waals surface area contributed by atoms with Crippen LogP contribution in [0.2, 0.25) is 0 Å². The zero-order valence-electron chi connectivity index (χ0n) is 19.7. The van der Waals surface area contributed by atoms with Crippen LogP contribution in [0.4, 0.5) is 5.69 Å². The van der Waals surface area contributed by atoms with E-state index >= 15 is 0 Å². The van der Waals surface area contributed by atoms with Crippen LogP contribution in [0, 0.1) is 0 Å². The number of methoxy groups -OCH3 is 1. The van der Waals surface area contributed by atoms with E-state index in [0.717, 1.165) is 23.4 Å². The molecule has 1 aliphatic heterocycles. The summed E-state index contributed by atoms with van der Waals surface area (Å²) in [5.74, 6) is 0.679. The third-order valence-electron chi connectivity index (χ3n) is 5.76. The van der Waals surface area contributed by atoms with Gasteiger partial charge >= 0.3 is 0 Å². The van der Waals surface area contributed by atoms with Crippen molar-refractivity contribution in [1.82, 2.24) is 4.90 Å². The lowest BCUT2D eigenvalue weighted by Gasteiger charge is -2.22. The minimum absolute atomic E-state index is 0.120. The van der Waals surface area contributed by atoms with Crippen LogP contribution in [-0.2, 0) is 16.1 Å². The van der Waals surface area contributed by atoms with E-state index in [1.165, 1.54) is 4.90 Å². The van der Waals surface area contributed by atoms with Crippen LogP contribution >= 0.6 is 0 Å². The zero-order valence-corrected chi connectivity index (χ0v) is 19.7. The van der Waals surface area contributed by atoms with Gasteiger partial charge in [0.2, 0.25) is 0 Å². The summed E-state index contributed by atoms with van der Waals surface area (Å²) in [6.07, 6.45) is 0.907. The summed E-state index contributed by atoms with van der Waals surface area (Å²) in [6, 6.07) is 24.3. The minimum Gasteiger partial charge on any atom is -0.496 e. The molecule has 0 saturated heterocycles. The molecule has 1 heterocycles. The van der Waals surface area contributed by atoms with E-state index in [-0.39, 0.29) is 18.4 Å². The number of carbonyl (C=O) groups is 2. The monoisotopic (exact) mass is 456 g/mol. The number of nitrogens with zero attached hydrogens (tertiary/aromatic N) is 2. The topological polar surface area (TPSA) is 59.1 Å². The van der Waals surface area contributed by atoms with Crippen molar-refractivity contribution < 1.29 is 19.1 Å². The maximum atomic E-state index is 13.7. The zero-order chi connectivity index (χ0) is 24.1. The van der Waals surface area contributed by atoms with Crippen LogP contribution in [0.15, 0.2) is 84.6 Å². The van der Waals surface area contributed by atoms with E-state index in [0.29, 0.717) is 29.2 Å². The Bertz CT molecular complexity index is 1200. The number of likely N-dealkylation sites (N-methyl/N-ethyl adjacent to an activating group) is 1. The van der Waals surface area contributed by atoms with Crippen LogP contribution < -0.4 is 14.4 Å².